The molecule has 1 atom stereocenters. The van der Waals surface area contributed by atoms with Crippen LogP contribution >= 0.6 is 11.3 Å². The minimum atomic E-state index is -0.491. The number of hydrogen-bond acceptors (Lipinski definition) is 5. The SMILES string of the molecule is C=CCN(CC(=O)N1CCc2sccc2C1c1ccc(F)cc1)C(=O)/C=C/c1ccc([N+](=O)[O-])cc1. The van der Waals surface area contributed by atoms with E-state index in [4.69, 9.17) is 0 Å². The molecule has 2 amide bonds. The van der Waals surface area contributed by atoms with Crippen molar-refractivity contribution in [3.63, 3.8) is 0 Å². The van der Waals surface area contributed by atoms with Gasteiger partial charge >= 0.3 is 0 Å². The fourth-order valence-electron chi connectivity index (χ4n) is 4.21. The highest BCUT2D eigenvalue weighted by Crippen LogP contribution is 2.37. The van der Waals surface area contributed by atoms with Crippen LogP contribution in [0.4, 0.5) is 10.1 Å². The average molecular weight is 506 g/mol. The van der Waals surface area contributed by atoms with E-state index in [9.17, 15) is 24.1 Å². The molecule has 4 rings (SSSR count). The normalized spacial score (nSPS) is 14.9. The summed E-state index contributed by atoms with van der Waals surface area (Å²) in [4.78, 5) is 41.1. The van der Waals surface area contributed by atoms with Gasteiger partial charge in [0.1, 0.15) is 12.4 Å². The lowest BCUT2D eigenvalue weighted by molar-refractivity contribution is -0.384. The third-order valence-electron chi connectivity index (χ3n) is 5.98. The number of hydrogen-bond donors (Lipinski definition) is 0. The molecule has 0 N–H and O–H groups in total. The summed E-state index contributed by atoms with van der Waals surface area (Å²) in [6.07, 6.45) is 5.15. The number of nitro benzene ring substituents is 1. The van der Waals surface area contributed by atoms with Crippen LogP contribution in [0.1, 0.15) is 27.6 Å². The van der Waals surface area contributed by atoms with Crippen LogP contribution in [0.2, 0.25) is 0 Å². The van der Waals surface area contributed by atoms with E-state index < -0.39 is 4.92 Å². The number of benzene rings is 2. The smallest absolute Gasteiger partial charge is 0.269 e. The van der Waals surface area contributed by atoms with Crippen LogP contribution < -0.4 is 0 Å². The number of thiophene rings is 1. The summed E-state index contributed by atoms with van der Waals surface area (Å²) in [5.74, 6) is -0.950. The van der Waals surface area contributed by atoms with Crippen LogP contribution in [-0.4, -0.2) is 46.2 Å². The molecule has 7 nitrogen and oxygen atoms in total. The van der Waals surface area contributed by atoms with Crippen LogP contribution in [-0.2, 0) is 16.0 Å². The maximum absolute atomic E-state index is 13.6. The molecule has 0 bridgehead atoms. The summed E-state index contributed by atoms with van der Waals surface area (Å²) in [6, 6.07) is 13.6. The highest BCUT2D eigenvalue weighted by Gasteiger charge is 2.33. The molecule has 0 saturated heterocycles. The highest BCUT2D eigenvalue weighted by atomic mass is 32.1. The topological polar surface area (TPSA) is 83.8 Å². The Kier molecular flexibility index (Phi) is 7.70. The molecule has 0 fully saturated rings. The van der Waals surface area contributed by atoms with E-state index in [1.807, 2.05) is 11.4 Å². The second kappa shape index (κ2) is 11.1. The monoisotopic (exact) mass is 505 g/mol. The molecule has 3 aromatic rings. The summed E-state index contributed by atoms with van der Waals surface area (Å²) in [5, 5.41) is 12.8. The van der Waals surface area contributed by atoms with Gasteiger partial charge in [0.05, 0.1) is 11.0 Å². The first kappa shape index (κ1) is 25.0. The Bertz CT molecular complexity index is 1300. The van der Waals surface area contributed by atoms with E-state index >= 15 is 0 Å². The molecule has 36 heavy (non-hydrogen) atoms. The van der Waals surface area contributed by atoms with Crippen molar-refractivity contribution in [2.75, 3.05) is 19.6 Å². The van der Waals surface area contributed by atoms with Gasteiger partial charge in [-0.1, -0.05) is 18.2 Å². The van der Waals surface area contributed by atoms with E-state index in [0.717, 1.165) is 11.1 Å². The second-order valence-electron chi connectivity index (χ2n) is 8.28. The Balaban J connectivity index is 1.52. The van der Waals surface area contributed by atoms with Gasteiger partial charge < -0.3 is 9.80 Å². The summed E-state index contributed by atoms with van der Waals surface area (Å²) >= 11 is 1.64. The third-order valence-corrected chi connectivity index (χ3v) is 6.98. The van der Waals surface area contributed by atoms with Gasteiger partial charge in [0, 0.05) is 36.2 Å². The van der Waals surface area contributed by atoms with Gasteiger partial charge in [-0.15, -0.1) is 17.9 Å². The summed E-state index contributed by atoms with van der Waals surface area (Å²) < 4.78 is 13.6. The predicted octanol–water partition coefficient (Wildman–Crippen LogP) is 5.00. The lowest BCUT2D eigenvalue weighted by Crippen LogP contribution is -2.46. The number of nitro groups is 1. The van der Waals surface area contributed by atoms with Crippen LogP contribution in [0.15, 0.2) is 78.7 Å². The van der Waals surface area contributed by atoms with Crippen molar-refractivity contribution in [1.82, 2.24) is 9.80 Å². The van der Waals surface area contributed by atoms with Gasteiger partial charge in [-0.05, 0) is 64.9 Å². The van der Waals surface area contributed by atoms with Crippen LogP contribution in [0.25, 0.3) is 6.08 Å². The molecule has 1 aromatic heterocycles. The third kappa shape index (κ3) is 5.58. The van der Waals surface area contributed by atoms with Crippen molar-refractivity contribution in [2.24, 2.45) is 0 Å². The van der Waals surface area contributed by atoms with E-state index in [1.165, 1.54) is 40.1 Å². The molecule has 1 aliphatic rings. The minimum absolute atomic E-state index is 0.0385. The number of non-ortho nitro benzene ring substituents is 1. The number of amides is 2. The molecule has 2 heterocycles. The molecular formula is C27H24FN3O4S. The molecule has 0 saturated carbocycles. The van der Waals surface area contributed by atoms with Gasteiger partial charge in [0.25, 0.3) is 5.69 Å². The standard InChI is InChI=1S/C27H24FN3O4S/c1-2-15-29(25(32)12-5-19-3-10-22(11-4-19)31(34)35)18-26(33)30-16-13-24-23(14-17-36-24)27(30)20-6-8-21(28)9-7-20/h2-12,14,17,27H,1,13,15-16,18H2/b12-5+. The molecule has 184 valence electrons. The Morgan fingerprint density at radius 1 is 1.17 bits per heavy atom. The Hall–Kier alpha value is -4.11. The molecule has 0 spiro atoms. The van der Waals surface area contributed by atoms with E-state index in [-0.39, 0.29) is 42.5 Å². The highest BCUT2D eigenvalue weighted by molar-refractivity contribution is 7.10. The van der Waals surface area contributed by atoms with Crippen molar-refractivity contribution in [2.45, 2.75) is 12.5 Å². The maximum atomic E-state index is 13.6. The quantitative estimate of drug-likeness (QED) is 0.187. The second-order valence-corrected chi connectivity index (χ2v) is 9.28. The molecular weight excluding hydrogens is 481 g/mol. The maximum Gasteiger partial charge on any atom is 0.269 e. The first-order valence-electron chi connectivity index (χ1n) is 11.3. The number of halogens is 1. The molecule has 1 unspecified atom stereocenters. The van der Waals surface area contributed by atoms with Crippen molar-refractivity contribution in [3.05, 3.63) is 116 Å². The Morgan fingerprint density at radius 3 is 2.56 bits per heavy atom. The van der Waals surface area contributed by atoms with Crippen molar-refractivity contribution in [1.29, 1.82) is 0 Å². The lowest BCUT2D eigenvalue weighted by atomic mass is 9.93. The van der Waals surface area contributed by atoms with Gasteiger partial charge in [0.2, 0.25) is 11.8 Å². The van der Waals surface area contributed by atoms with Crippen LogP contribution in [0.5, 0.6) is 0 Å². The fourth-order valence-corrected chi connectivity index (χ4v) is 5.12. The van der Waals surface area contributed by atoms with Crippen LogP contribution in [0.3, 0.4) is 0 Å². The van der Waals surface area contributed by atoms with E-state index in [1.54, 1.807) is 52.7 Å². The molecule has 9 heteroatoms. The number of fused-ring (bicyclic) bond motifs is 1. The van der Waals surface area contributed by atoms with Crippen molar-refractivity contribution in [3.8, 4) is 0 Å². The summed E-state index contributed by atoms with van der Waals surface area (Å²) in [7, 11) is 0. The number of carbonyl (C=O) groups excluding carboxylic acids is 2. The van der Waals surface area contributed by atoms with Crippen molar-refractivity contribution < 1.29 is 18.9 Å². The van der Waals surface area contributed by atoms with Gasteiger partial charge in [-0.25, -0.2) is 4.39 Å². The number of carbonyl (C=O) groups is 2. The first-order valence-corrected chi connectivity index (χ1v) is 12.2. The van der Waals surface area contributed by atoms with Crippen LogP contribution in [0, 0.1) is 15.9 Å². The zero-order chi connectivity index (χ0) is 25.7. The van der Waals surface area contributed by atoms with Gasteiger partial charge in [0.15, 0.2) is 0 Å². The number of rotatable bonds is 8. The molecule has 1 aliphatic heterocycles. The van der Waals surface area contributed by atoms with E-state index in [0.29, 0.717) is 18.5 Å². The van der Waals surface area contributed by atoms with E-state index in [2.05, 4.69) is 6.58 Å². The zero-order valence-electron chi connectivity index (χ0n) is 19.4. The first-order chi connectivity index (χ1) is 17.4. The van der Waals surface area contributed by atoms with Gasteiger partial charge in [-0.2, -0.15) is 0 Å². The Labute approximate surface area is 211 Å². The predicted molar refractivity (Wildman–Crippen MR) is 137 cm³/mol. The molecule has 2 aromatic carbocycles. The summed E-state index contributed by atoms with van der Waals surface area (Å²) in [6.45, 7) is 4.22. The Morgan fingerprint density at radius 2 is 1.89 bits per heavy atom. The van der Waals surface area contributed by atoms with Crippen molar-refractivity contribution >= 4 is 34.9 Å². The largest absolute Gasteiger partial charge is 0.330 e. The summed E-state index contributed by atoms with van der Waals surface area (Å²) in [5.41, 5.74) is 2.41. The lowest BCUT2D eigenvalue weighted by Gasteiger charge is -2.37. The van der Waals surface area contributed by atoms with Gasteiger partial charge in [-0.3, -0.25) is 19.7 Å². The molecule has 0 aliphatic carbocycles. The molecule has 0 radical (unpaired) electrons. The minimum Gasteiger partial charge on any atom is -0.330 e. The fraction of sp³-hybridized carbons (Fsp3) is 0.185. The average Bonchev–Trinajstić information content (AvgIpc) is 3.36. The zero-order valence-corrected chi connectivity index (χ0v) is 20.2. The number of nitrogens with zero attached hydrogens (tertiary/aromatic N) is 3.